The largest absolute Gasteiger partial charge is 0.630 e. The number of benzene rings is 2. The molecular formula is C20H21F2N3O4. The summed E-state index contributed by atoms with van der Waals surface area (Å²) in [6.45, 7) is 5.11. The number of carbonyl (C=O) groups excluding carboxylic acids is 2. The Bertz CT molecular complexity index is 939. The van der Waals surface area contributed by atoms with Crippen molar-refractivity contribution in [2.24, 2.45) is 0 Å². The van der Waals surface area contributed by atoms with Crippen LogP contribution < -0.4 is 10.8 Å². The van der Waals surface area contributed by atoms with Crippen LogP contribution in [0.4, 0.5) is 25.0 Å². The van der Waals surface area contributed by atoms with E-state index in [0.717, 1.165) is 12.1 Å². The normalized spacial score (nSPS) is 15.8. The van der Waals surface area contributed by atoms with E-state index in [1.807, 2.05) is 0 Å². The number of ether oxygens (including phenoxy) is 1. The minimum atomic E-state index is -1.21. The van der Waals surface area contributed by atoms with Gasteiger partial charge in [-0.2, -0.15) is 0 Å². The Hall–Kier alpha value is -3.04. The number of amides is 2. The number of nitrogens with zero attached hydrogens (tertiary/aromatic N) is 1. The van der Waals surface area contributed by atoms with Gasteiger partial charge in [0.15, 0.2) is 0 Å². The number of hydrogen-bond acceptors (Lipinski definition) is 4. The first-order chi connectivity index (χ1) is 13.6. The number of quaternary nitrogens is 1. The van der Waals surface area contributed by atoms with Gasteiger partial charge in [0.25, 0.3) is 5.91 Å². The van der Waals surface area contributed by atoms with E-state index in [9.17, 15) is 23.6 Å². The van der Waals surface area contributed by atoms with Crippen LogP contribution in [0.15, 0.2) is 36.4 Å². The molecule has 0 aromatic heterocycles. The van der Waals surface area contributed by atoms with E-state index in [-0.39, 0.29) is 6.54 Å². The zero-order valence-electron chi connectivity index (χ0n) is 16.2. The third-order valence-corrected chi connectivity index (χ3v) is 4.34. The lowest BCUT2D eigenvalue weighted by molar-refractivity contribution is -0.497. The molecule has 0 saturated heterocycles. The second-order valence-electron chi connectivity index (χ2n) is 7.67. The Balaban J connectivity index is 1.98. The molecule has 3 rings (SSSR count). The lowest BCUT2D eigenvalue weighted by atomic mass is 10.0. The van der Waals surface area contributed by atoms with Crippen LogP contribution in [0.2, 0.25) is 0 Å². The number of para-hydroxylation sites is 1. The lowest BCUT2D eigenvalue weighted by Gasteiger charge is -2.28. The molecule has 0 radical (unpaired) electrons. The predicted octanol–water partition coefficient (Wildman–Crippen LogP) is 3.09. The quantitative estimate of drug-likeness (QED) is 0.606. The van der Waals surface area contributed by atoms with Crippen LogP contribution in [-0.4, -0.2) is 22.5 Å². The van der Waals surface area contributed by atoms with E-state index >= 15 is 0 Å². The van der Waals surface area contributed by atoms with Crippen molar-refractivity contribution in [3.8, 4) is 0 Å². The number of rotatable bonds is 3. The van der Waals surface area contributed by atoms with Gasteiger partial charge in [-0.3, -0.25) is 9.69 Å². The van der Waals surface area contributed by atoms with Gasteiger partial charge in [0, 0.05) is 6.07 Å². The number of fused-ring (bicyclic) bond motifs is 1. The van der Waals surface area contributed by atoms with Crippen LogP contribution in [0.3, 0.4) is 0 Å². The summed E-state index contributed by atoms with van der Waals surface area (Å²) >= 11 is 0. The van der Waals surface area contributed by atoms with Crippen LogP contribution in [0.1, 0.15) is 37.9 Å². The number of carbonyl (C=O) groups is 2. The summed E-state index contributed by atoms with van der Waals surface area (Å²) < 4.78 is 33.3. The maximum absolute atomic E-state index is 14.0. The molecule has 9 heteroatoms. The summed E-state index contributed by atoms with van der Waals surface area (Å²) in [5.41, 5.74) is 0.539. The van der Waals surface area contributed by atoms with E-state index in [2.05, 4.69) is 5.32 Å². The van der Waals surface area contributed by atoms with Gasteiger partial charge in [-0.25, -0.2) is 13.6 Å². The summed E-state index contributed by atoms with van der Waals surface area (Å²) in [7, 11) is 0. The molecule has 0 spiro atoms. The second kappa shape index (κ2) is 7.76. The topological polar surface area (TPSA) is 98.3 Å². The van der Waals surface area contributed by atoms with Gasteiger partial charge in [0.05, 0.1) is 6.54 Å². The van der Waals surface area contributed by atoms with Crippen molar-refractivity contribution in [3.63, 3.8) is 0 Å². The fraction of sp³-hybridized carbons (Fsp3) is 0.300. The number of halogens is 2. The van der Waals surface area contributed by atoms with E-state index < -0.39 is 41.0 Å². The number of hydrogen-bond donors (Lipinski definition) is 2. The van der Waals surface area contributed by atoms with Gasteiger partial charge < -0.3 is 20.7 Å². The van der Waals surface area contributed by atoms with Gasteiger partial charge in [-0.05, 0) is 50.1 Å². The summed E-state index contributed by atoms with van der Waals surface area (Å²) in [4.78, 5) is 26.8. The van der Waals surface area contributed by atoms with Gasteiger partial charge in [0.2, 0.25) is 0 Å². The third kappa shape index (κ3) is 4.36. The van der Waals surface area contributed by atoms with Crippen molar-refractivity contribution in [1.29, 1.82) is 0 Å². The Morgan fingerprint density at radius 3 is 2.45 bits per heavy atom. The lowest BCUT2D eigenvalue weighted by Crippen LogP contribution is -2.70. The average Bonchev–Trinajstić information content (AvgIpc) is 3.02. The molecule has 1 heterocycles. The van der Waals surface area contributed by atoms with Gasteiger partial charge >= 0.3 is 6.09 Å². The highest BCUT2D eigenvalue weighted by atomic mass is 19.1. The molecule has 3 N–H and O–H groups in total. The maximum Gasteiger partial charge on any atom is 0.411 e. The van der Waals surface area contributed by atoms with Crippen LogP contribution in [-0.2, 0) is 16.1 Å². The molecule has 0 saturated carbocycles. The molecule has 0 aliphatic carbocycles. The molecule has 2 aromatic carbocycles. The number of anilines is 1. The maximum atomic E-state index is 14.0. The summed E-state index contributed by atoms with van der Waals surface area (Å²) in [6.07, 6.45) is -0.754. The van der Waals surface area contributed by atoms with Crippen LogP contribution in [0.5, 0.6) is 0 Å². The molecule has 29 heavy (non-hydrogen) atoms. The minimum Gasteiger partial charge on any atom is -0.630 e. The van der Waals surface area contributed by atoms with Crippen LogP contribution in [0.25, 0.3) is 0 Å². The molecule has 1 aliphatic heterocycles. The first-order valence-corrected chi connectivity index (χ1v) is 8.93. The highest BCUT2D eigenvalue weighted by Gasteiger charge is 2.41. The first kappa shape index (κ1) is 20.7. The number of nitrogens with one attached hydrogen (secondary N) is 1. The molecule has 1 atom stereocenters. The molecule has 1 aliphatic rings. The highest BCUT2D eigenvalue weighted by molar-refractivity contribution is 5.98. The Morgan fingerprint density at radius 2 is 1.86 bits per heavy atom. The molecule has 7 nitrogen and oxygen atoms in total. The molecule has 0 fully saturated rings. The Kier molecular flexibility index (Phi) is 5.54. The van der Waals surface area contributed by atoms with Crippen molar-refractivity contribution in [3.05, 3.63) is 64.4 Å². The summed E-state index contributed by atoms with van der Waals surface area (Å²) in [5.74, 6) is -2.70. The fourth-order valence-corrected chi connectivity index (χ4v) is 3.11. The Labute approximate surface area is 166 Å². The van der Waals surface area contributed by atoms with E-state index in [1.54, 1.807) is 32.9 Å². The minimum absolute atomic E-state index is 0.0568. The Morgan fingerprint density at radius 1 is 1.21 bits per heavy atom. The number of nitrogens with two attached hydrogens (primary N) is 1. The van der Waals surface area contributed by atoms with E-state index in [4.69, 9.17) is 4.74 Å². The SMILES string of the molecule is CC(C)(C)OC(=O)N1Cc2ccc([NH2+][O-])cc2C1C(=O)Nc1c(F)cccc1F. The van der Waals surface area contributed by atoms with Gasteiger partial charge in [-0.1, -0.05) is 12.1 Å². The summed E-state index contributed by atoms with van der Waals surface area (Å²) in [6, 6.07) is 6.67. The van der Waals surface area contributed by atoms with Crippen molar-refractivity contribution < 1.29 is 28.6 Å². The monoisotopic (exact) mass is 405 g/mol. The predicted molar refractivity (Wildman–Crippen MR) is 101 cm³/mol. The molecule has 2 aromatic rings. The fourth-order valence-electron chi connectivity index (χ4n) is 3.11. The van der Waals surface area contributed by atoms with E-state index in [0.29, 0.717) is 22.3 Å². The van der Waals surface area contributed by atoms with Crippen molar-refractivity contribution in [2.45, 2.75) is 39.0 Å². The van der Waals surface area contributed by atoms with E-state index in [1.165, 1.54) is 17.0 Å². The zero-order valence-corrected chi connectivity index (χ0v) is 16.2. The molecule has 2 amide bonds. The molecular weight excluding hydrogens is 384 g/mol. The van der Waals surface area contributed by atoms with Crippen molar-refractivity contribution in [2.75, 3.05) is 5.32 Å². The highest BCUT2D eigenvalue weighted by Crippen LogP contribution is 2.37. The third-order valence-electron chi connectivity index (χ3n) is 4.34. The second-order valence-corrected chi connectivity index (χ2v) is 7.67. The van der Waals surface area contributed by atoms with Crippen LogP contribution in [0, 0.1) is 16.8 Å². The molecule has 0 bridgehead atoms. The smallest absolute Gasteiger partial charge is 0.411 e. The van der Waals surface area contributed by atoms with Gasteiger partial charge in [-0.15, -0.1) is 0 Å². The van der Waals surface area contributed by atoms with Gasteiger partial charge in [0.1, 0.15) is 34.7 Å². The average molecular weight is 405 g/mol. The molecule has 154 valence electrons. The van der Waals surface area contributed by atoms with Crippen molar-refractivity contribution in [1.82, 2.24) is 4.90 Å². The van der Waals surface area contributed by atoms with Crippen LogP contribution >= 0.6 is 0 Å². The molecule has 1 unspecified atom stereocenters. The van der Waals surface area contributed by atoms with Crippen molar-refractivity contribution >= 4 is 23.4 Å². The standard InChI is InChI=1S/C20H21F2N3O4/c1-20(2,3)29-19(27)25-10-11-7-8-12(24-28)9-13(11)17(25)18(26)23-16-14(21)5-4-6-15(16)22/h4-9,17H,10,24H2,1-3H3,(H,23,26). The summed E-state index contributed by atoms with van der Waals surface area (Å²) in [5, 5.41) is 13.4. The zero-order chi connectivity index (χ0) is 21.3. The first-order valence-electron chi connectivity index (χ1n) is 8.93.